The van der Waals surface area contributed by atoms with Crippen LogP contribution in [0, 0.1) is 13.8 Å². The maximum atomic E-state index is 12.5. The standard InChI is InChI=1S/C19H28ClN7O2.C5H9N3/c1-12-9-15(24-25(12)6)22-16-14(10-21-17(20)23-16)26-7-8-27(13(2)11-26)18(28)29-19(3,4)5;1-4-3-5(6)7-8(4)2/h9-10,13H,7-8,11H2,1-6H3,(H,21,22,23,24);3H,1-2H3,(H2,6,7)/t13-;/m1./s1. The number of amides is 1. The largest absolute Gasteiger partial charge is 0.444 e. The highest BCUT2D eigenvalue weighted by Gasteiger charge is 2.32. The molecule has 0 saturated carbocycles. The molecule has 1 aliphatic heterocycles. The van der Waals surface area contributed by atoms with Gasteiger partial charge in [0.2, 0.25) is 5.28 Å². The first-order valence-corrected chi connectivity index (χ1v) is 12.4. The molecule has 0 unspecified atom stereocenters. The van der Waals surface area contributed by atoms with Crippen LogP contribution in [-0.4, -0.2) is 71.8 Å². The van der Waals surface area contributed by atoms with Gasteiger partial charge >= 0.3 is 6.09 Å². The molecule has 3 aromatic rings. The molecule has 13 heteroatoms. The SMILES string of the molecule is Cc1cc(N)nn1C.Cc1cc(Nc2nc(Cl)ncc2N2CCN(C(=O)OC(C)(C)C)[C@H](C)C2)nn1C. The van der Waals surface area contributed by atoms with Crippen molar-refractivity contribution in [2.75, 3.05) is 35.6 Å². The molecule has 37 heavy (non-hydrogen) atoms. The van der Waals surface area contributed by atoms with E-state index in [4.69, 9.17) is 22.1 Å². The molecule has 12 nitrogen and oxygen atoms in total. The number of nitrogens with zero attached hydrogens (tertiary/aromatic N) is 8. The zero-order valence-electron chi connectivity index (χ0n) is 22.8. The number of halogens is 1. The van der Waals surface area contributed by atoms with E-state index in [0.717, 1.165) is 17.1 Å². The number of ether oxygens (including phenoxy) is 1. The zero-order valence-corrected chi connectivity index (χ0v) is 23.5. The van der Waals surface area contributed by atoms with Crippen molar-refractivity contribution in [1.82, 2.24) is 34.4 Å². The summed E-state index contributed by atoms with van der Waals surface area (Å²) in [6.45, 7) is 13.3. The molecule has 0 bridgehead atoms. The van der Waals surface area contributed by atoms with Gasteiger partial charge < -0.3 is 25.6 Å². The molecule has 4 heterocycles. The number of nitrogen functional groups attached to an aromatic ring is 1. The molecule has 1 fully saturated rings. The molecule has 202 valence electrons. The van der Waals surface area contributed by atoms with Gasteiger partial charge in [-0.15, -0.1) is 0 Å². The molecular weight excluding hydrogens is 496 g/mol. The lowest BCUT2D eigenvalue weighted by atomic mass is 10.2. The molecule has 1 saturated heterocycles. The van der Waals surface area contributed by atoms with Crippen molar-refractivity contribution >= 4 is 40.8 Å². The highest BCUT2D eigenvalue weighted by molar-refractivity contribution is 6.28. The highest BCUT2D eigenvalue weighted by atomic mass is 35.5. The molecule has 1 amide bonds. The second-order valence-electron chi connectivity index (χ2n) is 10.1. The first kappa shape index (κ1) is 28.0. The zero-order chi connectivity index (χ0) is 27.5. The Morgan fingerprint density at radius 2 is 1.78 bits per heavy atom. The van der Waals surface area contributed by atoms with E-state index >= 15 is 0 Å². The Balaban J connectivity index is 0.000000405. The van der Waals surface area contributed by atoms with Crippen LogP contribution in [0.2, 0.25) is 5.28 Å². The molecule has 4 rings (SSSR count). The van der Waals surface area contributed by atoms with Crippen molar-refractivity contribution in [2.45, 2.75) is 53.2 Å². The van der Waals surface area contributed by atoms with Gasteiger partial charge in [0.25, 0.3) is 0 Å². The van der Waals surface area contributed by atoms with Crippen molar-refractivity contribution < 1.29 is 9.53 Å². The fourth-order valence-electron chi connectivity index (χ4n) is 3.78. The number of carbonyl (C=O) groups excluding carboxylic acids is 1. The van der Waals surface area contributed by atoms with E-state index in [1.165, 1.54) is 0 Å². The molecule has 0 aliphatic carbocycles. The van der Waals surface area contributed by atoms with Crippen molar-refractivity contribution in [2.24, 2.45) is 14.1 Å². The Morgan fingerprint density at radius 3 is 2.27 bits per heavy atom. The van der Waals surface area contributed by atoms with Crippen LogP contribution in [0.25, 0.3) is 0 Å². The van der Waals surface area contributed by atoms with Crippen LogP contribution in [-0.2, 0) is 18.8 Å². The maximum Gasteiger partial charge on any atom is 0.410 e. The second-order valence-corrected chi connectivity index (χ2v) is 10.4. The van der Waals surface area contributed by atoms with Crippen LogP contribution in [0.4, 0.5) is 27.9 Å². The first-order chi connectivity index (χ1) is 17.2. The van der Waals surface area contributed by atoms with E-state index in [1.54, 1.807) is 20.5 Å². The molecular formula is C24H37ClN10O2. The molecule has 3 aromatic heterocycles. The minimum atomic E-state index is -0.518. The molecule has 0 spiro atoms. The van der Waals surface area contributed by atoms with Gasteiger partial charge in [-0.05, 0) is 53.1 Å². The van der Waals surface area contributed by atoms with Gasteiger partial charge in [-0.25, -0.2) is 9.78 Å². The topological polar surface area (TPSA) is 132 Å². The average molecular weight is 533 g/mol. The van der Waals surface area contributed by atoms with E-state index in [9.17, 15) is 4.79 Å². The lowest BCUT2D eigenvalue weighted by molar-refractivity contribution is 0.0159. The van der Waals surface area contributed by atoms with Crippen LogP contribution in [0.1, 0.15) is 39.1 Å². The highest BCUT2D eigenvalue weighted by Crippen LogP contribution is 2.29. The van der Waals surface area contributed by atoms with Gasteiger partial charge in [-0.1, -0.05) is 0 Å². The van der Waals surface area contributed by atoms with Crippen molar-refractivity contribution in [1.29, 1.82) is 0 Å². The summed E-state index contributed by atoms with van der Waals surface area (Å²) in [5.41, 5.74) is 7.75. The Kier molecular flexibility index (Phi) is 8.52. The minimum absolute atomic E-state index is 0.0285. The summed E-state index contributed by atoms with van der Waals surface area (Å²) >= 11 is 6.04. The van der Waals surface area contributed by atoms with Crippen LogP contribution in [0.15, 0.2) is 18.3 Å². The molecule has 3 N–H and O–H groups in total. The first-order valence-electron chi connectivity index (χ1n) is 12.0. The summed E-state index contributed by atoms with van der Waals surface area (Å²) in [6.07, 6.45) is 1.41. The number of carbonyl (C=O) groups is 1. The van der Waals surface area contributed by atoms with Crippen LogP contribution < -0.4 is 16.0 Å². The number of aryl methyl sites for hydroxylation is 4. The predicted molar refractivity (Wildman–Crippen MR) is 145 cm³/mol. The average Bonchev–Trinajstić information content (AvgIpc) is 3.25. The third-order valence-corrected chi connectivity index (χ3v) is 6.01. The Labute approximate surface area is 222 Å². The Morgan fingerprint density at radius 1 is 1.14 bits per heavy atom. The number of piperazine rings is 1. The van der Waals surface area contributed by atoms with Gasteiger partial charge in [0, 0.05) is 63.3 Å². The summed E-state index contributed by atoms with van der Waals surface area (Å²) in [6, 6.07) is 3.74. The van der Waals surface area contributed by atoms with Gasteiger partial charge in [-0.3, -0.25) is 9.36 Å². The van der Waals surface area contributed by atoms with E-state index in [-0.39, 0.29) is 17.4 Å². The lowest BCUT2D eigenvalue weighted by Gasteiger charge is -2.41. The van der Waals surface area contributed by atoms with Crippen molar-refractivity contribution in [3.63, 3.8) is 0 Å². The Hall–Kier alpha value is -3.54. The fraction of sp³-hybridized carbons (Fsp3) is 0.542. The third-order valence-electron chi connectivity index (χ3n) is 5.83. The molecule has 1 aliphatic rings. The number of aromatic nitrogens is 6. The number of nitrogens with two attached hydrogens (primary N) is 1. The van der Waals surface area contributed by atoms with Crippen LogP contribution in [0.5, 0.6) is 0 Å². The van der Waals surface area contributed by atoms with Crippen molar-refractivity contribution in [3.8, 4) is 0 Å². The summed E-state index contributed by atoms with van der Waals surface area (Å²) in [5, 5.41) is 11.7. The number of nitrogens with one attached hydrogen (secondary N) is 1. The minimum Gasteiger partial charge on any atom is -0.444 e. The molecule has 0 radical (unpaired) electrons. The second kappa shape index (κ2) is 11.2. The summed E-state index contributed by atoms with van der Waals surface area (Å²) in [4.78, 5) is 24.9. The molecule has 1 atom stereocenters. The van der Waals surface area contributed by atoms with E-state index < -0.39 is 5.60 Å². The normalized spacial score (nSPS) is 15.8. The van der Waals surface area contributed by atoms with Crippen LogP contribution >= 0.6 is 11.6 Å². The Bertz CT molecular complexity index is 1190. The number of anilines is 4. The number of hydrogen-bond acceptors (Lipinski definition) is 9. The third kappa shape index (κ3) is 7.48. The lowest BCUT2D eigenvalue weighted by Crippen LogP contribution is -2.55. The quantitative estimate of drug-likeness (QED) is 0.484. The fourth-order valence-corrected chi connectivity index (χ4v) is 3.91. The van der Waals surface area contributed by atoms with E-state index in [2.05, 4.69) is 30.4 Å². The number of rotatable bonds is 3. The molecule has 0 aromatic carbocycles. The van der Waals surface area contributed by atoms with E-state index in [1.807, 2.05) is 67.8 Å². The summed E-state index contributed by atoms with van der Waals surface area (Å²) < 4.78 is 9.05. The summed E-state index contributed by atoms with van der Waals surface area (Å²) in [7, 11) is 3.75. The number of hydrogen-bond donors (Lipinski definition) is 2. The van der Waals surface area contributed by atoms with Gasteiger partial charge in [-0.2, -0.15) is 15.2 Å². The predicted octanol–water partition coefficient (Wildman–Crippen LogP) is 3.67. The van der Waals surface area contributed by atoms with Gasteiger partial charge in [0.05, 0.1) is 11.9 Å². The van der Waals surface area contributed by atoms with Gasteiger partial charge in [0.15, 0.2) is 11.6 Å². The van der Waals surface area contributed by atoms with Crippen LogP contribution in [0.3, 0.4) is 0 Å². The maximum absolute atomic E-state index is 12.5. The van der Waals surface area contributed by atoms with Crippen molar-refractivity contribution in [3.05, 3.63) is 35.0 Å². The van der Waals surface area contributed by atoms with Gasteiger partial charge in [0.1, 0.15) is 11.4 Å². The smallest absolute Gasteiger partial charge is 0.410 e. The summed E-state index contributed by atoms with van der Waals surface area (Å²) in [5.74, 6) is 1.85. The monoisotopic (exact) mass is 532 g/mol. The van der Waals surface area contributed by atoms with E-state index in [0.29, 0.717) is 37.1 Å².